The zero-order chi connectivity index (χ0) is 16.9. The van der Waals surface area contributed by atoms with Gasteiger partial charge < -0.3 is 9.30 Å². The molecule has 1 atom stereocenters. The summed E-state index contributed by atoms with van der Waals surface area (Å²) < 4.78 is 11.8. The highest BCUT2D eigenvalue weighted by molar-refractivity contribution is 7.03. The normalized spacial score (nSPS) is 12.1. The van der Waals surface area contributed by atoms with Crippen molar-refractivity contribution in [1.29, 1.82) is 0 Å². The van der Waals surface area contributed by atoms with Crippen LogP contribution in [0.2, 0.25) is 0 Å². The Bertz CT molecular complexity index is 811. The third-order valence-electron chi connectivity index (χ3n) is 3.90. The van der Waals surface area contributed by atoms with Crippen LogP contribution in [0.25, 0.3) is 0 Å². The lowest BCUT2D eigenvalue weighted by atomic mass is 10.1. The fourth-order valence-electron chi connectivity index (χ4n) is 2.55. The molecule has 6 heteroatoms. The summed E-state index contributed by atoms with van der Waals surface area (Å²) in [6.07, 6.45) is 4.67. The predicted molar refractivity (Wildman–Crippen MR) is 93.0 cm³/mol. The number of hydrogen-bond acceptors (Lipinski definition) is 5. The SMILES string of the molecule is Cc1nscc1C(=O)OC(CCc1ccccc1)c1nccn1C. The van der Waals surface area contributed by atoms with Gasteiger partial charge in [-0.2, -0.15) is 4.37 Å². The van der Waals surface area contributed by atoms with E-state index in [0.717, 1.165) is 12.2 Å². The van der Waals surface area contributed by atoms with Crippen molar-refractivity contribution in [1.82, 2.24) is 13.9 Å². The molecule has 0 amide bonds. The lowest BCUT2D eigenvalue weighted by molar-refractivity contribution is 0.0249. The summed E-state index contributed by atoms with van der Waals surface area (Å²) in [6.45, 7) is 1.81. The maximum Gasteiger partial charge on any atom is 0.341 e. The van der Waals surface area contributed by atoms with Gasteiger partial charge in [0.05, 0.1) is 11.3 Å². The first kappa shape index (κ1) is 16.4. The summed E-state index contributed by atoms with van der Waals surface area (Å²) in [5, 5.41) is 1.73. The summed E-state index contributed by atoms with van der Waals surface area (Å²) in [5.74, 6) is 0.405. The average molecular weight is 341 g/mol. The molecular weight excluding hydrogens is 322 g/mol. The Hall–Kier alpha value is -2.47. The number of hydrogen-bond donors (Lipinski definition) is 0. The van der Waals surface area contributed by atoms with E-state index in [4.69, 9.17) is 4.74 Å². The second-order valence-electron chi connectivity index (χ2n) is 5.63. The van der Waals surface area contributed by atoms with E-state index in [1.165, 1.54) is 17.1 Å². The molecule has 0 aliphatic carbocycles. The smallest absolute Gasteiger partial charge is 0.341 e. The predicted octanol–water partition coefficient (Wildman–Crippen LogP) is 3.72. The first-order valence-electron chi connectivity index (χ1n) is 7.78. The number of carbonyl (C=O) groups is 1. The van der Waals surface area contributed by atoms with Gasteiger partial charge in [0, 0.05) is 24.8 Å². The largest absolute Gasteiger partial charge is 0.451 e. The van der Waals surface area contributed by atoms with Gasteiger partial charge in [-0.1, -0.05) is 30.3 Å². The van der Waals surface area contributed by atoms with Gasteiger partial charge in [-0.25, -0.2) is 9.78 Å². The van der Waals surface area contributed by atoms with Crippen LogP contribution in [0.3, 0.4) is 0 Å². The number of ether oxygens (including phenoxy) is 1. The van der Waals surface area contributed by atoms with Gasteiger partial charge >= 0.3 is 5.97 Å². The Labute approximate surface area is 145 Å². The van der Waals surface area contributed by atoms with E-state index >= 15 is 0 Å². The van der Waals surface area contributed by atoms with Crippen molar-refractivity contribution < 1.29 is 9.53 Å². The maximum absolute atomic E-state index is 12.5. The first-order chi connectivity index (χ1) is 11.6. The van der Waals surface area contributed by atoms with Crippen LogP contribution in [-0.4, -0.2) is 19.9 Å². The molecule has 0 radical (unpaired) electrons. The number of rotatable bonds is 6. The van der Waals surface area contributed by atoms with Crippen LogP contribution in [0.1, 0.15) is 40.0 Å². The lowest BCUT2D eigenvalue weighted by Gasteiger charge is -2.17. The number of imidazole rings is 1. The maximum atomic E-state index is 12.5. The fourth-order valence-corrected chi connectivity index (χ4v) is 3.23. The molecule has 0 saturated carbocycles. The van der Waals surface area contributed by atoms with E-state index in [9.17, 15) is 4.79 Å². The van der Waals surface area contributed by atoms with Crippen molar-refractivity contribution in [3.8, 4) is 0 Å². The van der Waals surface area contributed by atoms with E-state index in [-0.39, 0.29) is 5.97 Å². The number of carbonyl (C=O) groups excluding carboxylic acids is 1. The van der Waals surface area contributed by atoms with Crippen molar-refractivity contribution in [3.05, 3.63) is 70.8 Å². The van der Waals surface area contributed by atoms with Gasteiger partial charge in [-0.05, 0) is 36.9 Å². The average Bonchev–Trinajstić information content (AvgIpc) is 3.20. The van der Waals surface area contributed by atoms with Crippen LogP contribution in [0.5, 0.6) is 0 Å². The Morgan fingerprint density at radius 3 is 2.75 bits per heavy atom. The van der Waals surface area contributed by atoms with Crippen LogP contribution in [0.15, 0.2) is 48.1 Å². The van der Waals surface area contributed by atoms with E-state index in [1.807, 2.05) is 42.9 Å². The molecule has 0 bridgehead atoms. The third kappa shape index (κ3) is 3.71. The number of aryl methyl sites for hydroxylation is 3. The lowest BCUT2D eigenvalue weighted by Crippen LogP contribution is -2.16. The van der Waals surface area contributed by atoms with Gasteiger partial charge in [0.2, 0.25) is 0 Å². The van der Waals surface area contributed by atoms with E-state index < -0.39 is 6.10 Å². The van der Waals surface area contributed by atoms with Crippen LogP contribution in [0.4, 0.5) is 0 Å². The van der Waals surface area contributed by atoms with Gasteiger partial charge in [0.1, 0.15) is 5.82 Å². The van der Waals surface area contributed by atoms with Crippen LogP contribution < -0.4 is 0 Å². The molecule has 124 valence electrons. The minimum atomic E-state index is -0.392. The Morgan fingerprint density at radius 2 is 2.12 bits per heavy atom. The molecule has 3 aromatic rings. The molecule has 0 fully saturated rings. The first-order valence-corrected chi connectivity index (χ1v) is 8.62. The van der Waals surface area contributed by atoms with Gasteiger partial charge in [0.25, 0.3) is 0 Å². The Kier molecular flexibility index (Phi) is 5.05. The molecule has 24 heavy (non-hydrogen) atoms. The second kappa shape index (κ2) is 7.40. The van der Waals surface area contributed by atoms with Crippen LogP contribution >= 0.6 is 11.5 Å². The van der Waals surface area contributed by atoms with E-state index in [1.54, 1.807) is 11.6 Å². The molecule has 0 saturated heterocycles. The summed E-state index contributed by atoms with van der Waals surface area (Å²) in [7, 11) is 1.91. The highest BCUT2D eigenvalue weighted by atomic mass is 32.1. The van der Waals surface area contributed by atoms with Crippen molar-refractivity contribution in [2.24, 2.45) is 7.05 Å². The topological polar surface area (TPSA) is 57.0 Å². The highest BCUT2D eigenvalue weighted by Gasteiger charge is 2.23. The molecular formula is C18H19N3O2S. The molecule has 0 aliphatic rings. The monoisotopic (exact) mass is 341 g/mol. The van der Waals surface area contributed by atoms with E-state index in [0.29, 0.717) is 17.7 Å². The Balaban J connectivity index is 1.76. The van der Waals surface area contributed by atoms with Crippen LogP contribution in [0, 0.1) is 6.92 Å². The van der Waals surface area contributed by atoms with Crippen molar-refractivity contribution in [3.63, 3.8) is 0 Å². The zero-order valence-corrected chi connectivity index (χ0v) is 14.5. The second-order valence-corrected chi connectivity index (χ2v) is 6.26. The van der Waals surface area contributed by atoms with Crippen molar-refractivity contribution in [2.45, 2.75) is 25.9 Å². The summed E-state index contributed by atoms with van der Waals surface area (Å²) in [5.41, 5.74) is 2.44. The summed E-state index contributed by atoms with van der Waals surface area (Å²) >= 11 is 1.26. The summed E-state index contributed by atoms with van der Waals surface area (Å²) in [6, 6.07) is 10.2. The number of aromatic nitrogens is 3. The highest BCUT2D eigenvalue weighted by Crippen LogP contribution is 2.24. The number of esters is 1. The third-order valence-corrected chi connectivity index (χ3v) is 4.62. The minimum absolute atomic E-state index is 0.345. The molecule has 0 aliphatic heterocycles. The molecule has 1 aromatic carbocycles. The number of benzene rings is 1. The van der Waals surface area contributed by atoms with Crippen molar-refractivity contribution >= 4 is 17.5 Å². The minimum Gasteiger partial charge on any atom is -0.451 e. The molecule has 2 heterocycles. The quantitative estimate of drug-likeness (QED) is 0.641. The van der Waals surface area contributed by atoms with Crippen LogP contribution in [-0.2, 0) is 18.2 Å². The van der Waals surface area contributed by atoms with Gasteiger partial charge in [-0.3, -0.25) is 0 Å². The molecule has 0 spiro atoms. The summed E-state index contributed by atoms with van der Waals surface area (Å²) in [4.78, 5) is 16.8. The van der Waals surface area contributed by atoms with E-state index in [2.05, 4.69) is 21.5 Å². The standard InChI is InChI=1S/C18H19N3O2S/c1-13-15(12-24-20-13)18(22)23-16(17-19-10-11-21(17)2)9-8-14-6-4-3-5-7-14/h3-7,10-12,16H,8-9H2,1-2H3. The molecule has 2 aromatic heterocycles. The van der Waals surface area contributed by atoms with Gasteiger partial charge in [0.15, 0.2) is 6.10 Å². The fraction of sp³-hybridized carbons (Fsp3) is 0.278. The number of nitrogens with zero attached hydrogens (tertiary/aromatic N) is 3. The molecule has 0 N–H and O–H groups in total. The van der Waals surface area contributed by atoms with Gasteiger partial charge in [-0.15, -0.1) is 0 Å². The zero-order valence-electron chi connectivity index (χ0n) is 13.7. The van der Waals surface area contributed by atoms with Crippen molar-refractivity contribution in [2.75, 3.05) is 0 Å². The molecule has 5 nitrogen and oxygen atoms in total. The Morgan fingerprint density at radius 1 is 1.33 bits per heavy atom. The molecule has 3 rings (SSSR count). The molecule has 1 unspecified atom stereocenters.